The molecule has 2 rings (SSSR count). The first kappa shape index (κ1) is 21.5. The number of hydrogen-bond acceptors (Lipinski definition) is 4. The minimum absolute atomic E-state index is 0.0675. The maximum atomic E-state index is 14.1. The third kappa shape index (κ3) is 4.53. The van der Waals surface area contributed by atoms with Gasteiger partial charge in [0.15, 0.2) is 0 Å². The molecular weight excluding hydrogens is 399 g/mol. The van der Waals surface area contributed by atoms with Crippen molar-refractivity contribution in [2.24, 2.45) is 0 Å². The molecule has 1 aromatic carbocycles. The smallest absolute Gasteiger partial charge is 0.461 e. The number of alkyl halides is 3. The van der Waals surface area contributed by atoms with Crippen LogP contribution in [-0.4, -0.2) is 30.3 Å². The van der Waals surface area contributed by atoms with E-state index in [1.807, 2.05) is 5.32 Å². The number of ether oxygens (including phenoxy) is 1. The minimum atomic E-state index is -5.24. The fourth-order valence-electron chi connectivity index (χ4n) is 2.37. The number of esters is 1. The van der Waals surface area contributed by atoms with Crippen LogP contribution in [0, 0.1) is 6.92 Å². The van der Waals surface area contributed by atoms with Gasteiger partial charge in [0.2, 0.25) is 0 Å². The van der Waals surface area contributed by atoms with Gasteiger partial charge in [-0.2, -0.15) is 13.2 Å². The van der Waals surface area contributed by atoms with Gasteiger partial charge in [0.1, 0.15) is 0 Å². The summed E-state index contributed by atoms with van der Waals surface area (Å²) in [6.45, 7) is 2.69. The summed E-state index contributed by atoms with van der Waals surface area (Å²) in [4.78, 5) is 27.5. The number of halogens is 4. The molecule has 6 nitrogen and oxygen atoms in total. The number of hydrogen-bond donors (Lipinski definition) is 2. The van der Waals surface area contributed by atoms with Crippen LogP contribution in [0.15, 0.2) is 42.6 Å². The van der Waals surface area contributed by atoms with E-state index in [0.717, 1.165) is 0 Å². The van der Waals surface area contributed by atoms with E-state index in [-0.39, 0.29) is 23.0 Å². The van der Waals surface area contributed by atoms with Crippen LogP contribution in [0.4, 0.5) is 19.0 Å². The molecule has 0 saturated carbocycles. The third-order valence-electron chi connectivity index (χ3n) is 3.71. The maximum Gasteiger partial charge on any atom is 0.464 e. The highest BCUT2D eigenvalue weighted by atomic mass is 35.5. The van der Waals surface area contributed by atoms with E-state index in [1.54, 1.807) is 18.3 Å². The Kier molecular flexibility index (Phi) is 6.50. The minimum Gasteiger partial charge on any atom is -0.461 e. The van der Waals surface area contributed by atoms with Crippen molar-refractivity contribution >= 4 is 29.3 Å². The van der Waals surface area contributed by atoms with Gasteiger partial charge >= 0.3 is 17.8 Å². The van der Waals surface area contributed by atoms with E-state index < -0.39 is 23.7 Å². The number of carbonyl (C=O) groups excluding carboxylic acids is 2. The molecule has 0 bridgehead atoms. The molecule has 0 spiro atoms. The molecule has 10 heteroatoms. The van der Waals surface area contributed by atoms with Crippen molar-refractivity contribution in [2.75, 3.05) is 11.9 Å². The Balaban J connectivity index is 2.54. The number of aryl methyl sites for hydroxylation is 1. The van der Waals surface area contributed by atoms with Crippen LogP contribution < -0.4 is 15.6 Å². The Labute approximate surface area is 164 Å². The molecule has 1 heterocycles. The molecule has 3 N–H and O–H groups in total. The normalized spacial score (nSPS) is 13.4. The van der Waals surface area contributed by atoms with Gasteiger partial charge in [0, 0.05) is 6.07 Å². The Morgan fingerprint density at radius 1 is 1.21 bits per heavy atom. The first-order valence-corrected chi connectivity index (χ1v) is 8.56. The number of H-pyrrole nitrogens is 1. The quantitative estimate of drug-likeness (QED) is 0.560. The monoisotopic (exact) mass is 416 g/mol. The van der Waals surface area contributed by atoms with Crippen LogP contribution in [0.2, 0.25) is 5.02 Å². The lowest BCUT2D eigenvalue weighted by molar-refractivity contribution is -0.363. The van der Waals surface area contributed by atoms with E-state index in [4.69, 9.17) is 11.6 Å². The fraction of sp³-hybridized carbons (Fsp3) is 0.278. The molecule has 0 fully saturated rings. The molecule has 0 radical (unpaired) electrons. The lowest BCUT2D eigenvalue weighted by Gasteiger charge is -2.30. The standard InChI is InChI=1S/C18H17ClF3N3O3/c1-3-28-16(27)17(18(20,21)22,24-14-10-11(2)8-9-23-14)25-15(26)12-6-4-5-7-13(12)19/h4-10H,3H2,1-2H3,(H,23,24)(H,25,26)/p+1/t17-/m1/s1. The molecule has 0 aliphatic carbocycles. The van der Waals surface area contributed by atoms with Crippen molar-refractivity contribution in [2.45, 2.75) is 25.7 Å². The van der Waals surface area contributed by atoms with Crippen molar-refractivity contribution in [3.8, 4) is 0 Å². The summed E-state index contributed by atoms with van der Waals surface area (Å²) in [7, 11) is 0. The van der Waals surface area contributed by atoms with E-state index >= 15 is 0 Å². The summed E-state index contributed by atoms with van der Waals surface area (Å²) >= 11 is 5.90. The van der Waals surface area contributed by atoms with E-state index in [0.29, 0.717) is 5.56 Å². The summed E-state index contributed by atoms with van der Waals surface area (Å²) < 4.78 is 46.9. The van der Waals surface area contributed by atoms with Crippen molar-refractivity contribution in [1.82, 2.24) is 5.32 Å². The molecule has 1 atom stereocenters. The van der Waals surface area contributed by atoms with Gasteiger partial charge in [0.25, 0.3) is 11.7 Å². The number of aromatic nitrogens is 1. The van der Waals surface area contributed by atoms with Gasteiger partial charge in [-0.1, -0.05) is 23.7 Å². The Morgan fingerprint density at radius 2 is 1.89 bits per heavy atom. The average Bonchev–Trinajstić information content (AvgIpc) is 2.60. The largest absolute Gasteiger partial charge is 0.464 e. The van der Waals surface area contributed by atoms with Gasteiger partial charge in [-0.3, -0.25) is 10.1 Å². The highest BCUT2D eigenvalue weighted by Crippen LogP contribution is 2.33. The van der Waals surface area contributed by atoms with Crippen LogP contribution in [0.3, 0.4) is 0 Å². The molecular formula is C18H18ClF3N3O3+. The Hall–Kier alpha value is -2.81. The van der Waals surface area contributed by atoms with Crippen LogP contribution in [0.1, 0.15) is 22.8 Å². The first-order valence-electron chi connectivity index (χ1n) is 8.18. The van der Waals surface area contributed by atoms with Crippen molar-refractivity contribution in [1.29, 1.82) is 0 Å². The molecule has 0 aliphatic rings. The van der Waals surface area contributed by atoms with Gasteiger partial charge < -0.3 is 4.74 Å². The predicted octanol–water partition coefficient (Wildman–Crippen LogP) is 3.13. The van der Waals surface area contributed by atoms with E-state index in [2.05, 4.69) is 9.72 Å². The molecule has 1 amide bonds. The molecule has 28 heavy (non-hydrogen) atoms. The number of aromatic amines is 1. The number of rotatable bonds is 6. The zero-order valence-electron chi connectivity index (χ0n) is 15.0. The Bertz CT molecular complexity index is 876. The van der Waals surface area contributed by atoms with Crippen LogP contribution in [-0.2, 0) is 9.53 Å². The summed E-state index contributed by atoms with van der Waals surface area (Å²) in [6.07, 6.45) is -3.85. The molecule has 0 aliphatic heterocycles. The van der Waals surface area contributed by atoms with E-state index in [9.17, 15) is 22.8 Å². The predicted molar refractivity (Wildman–Crippen MR) is 95.7 cm³/mol. The van der Waals surface area contributed by atoms with Gasteiger partial charge in [-0.15, -0.1) is 0 Å². The first-order chi connectivity index (χ1) is 13.1. The number of pyridine rings is 1. The zero-order valence-corrected chi connectivity index (χ0v) is 15.7. The topological polar surface area (TPSA) is 81.6 Å². The number of benzene rings is 1. The van der Waals surface area contributed by atoms with Crippen molar-refractivity contribution in [3.05, 3.63) is 58.7 Å². The lowest BCUT2D eigenvalue weighted by atomic mass is 10.1. The summed E-state index contributed by atoms with van der Waals surface area (Å²) in [5.74, 6) is -3.06. The van der Waals surface area contributed by atoms with E-state index in [1.165, 1.54) is 43.5 Å². The number of anilines is 1. The highest BCUT2D eigenvalue weighted by molar-refractivity contribution is 6.33. The number of carbonyl (C=O) groups is 2. The van der Waals surface area contributed by atoms with Gasteiger partial charge in [-0.25, -0.2) is 15.1 Å². The van der Waals surface area contributed by atoms with Crippen LogP contribution in [0.5, 0.6) is 0 Å². The average molecular weight is 417 g/mol. The van der Waals surface area contributed by atoms with Crippen molar-refractivity contribution in [3.63, 3.8) is 0 Å². The van der Waals surface area contributed by atoms with Crippen LogP contribution >= 0.6 is 11.6 Å². The second kappa shape index (κ2) is 8.47. The van der Waals surface area contributed by atoms with Crippen LogP contribution in [0.25, 0.3) is 0 Å². The summed E-state index contributed by atoms with van der Waals surface area (Å²) in [5.41, 5.74) is -3.14. The molecule has 150 valence electrons. The summed E-state index contributed by atoms with van der Waals surface area (Å²) in [6, 6.07) is 8.50. The van der Waals surface area contributed by atoms with Crippen molar-refractivity contribution < 1.29 is 32.5 Å². The van der Waals surface area contributed by atoms with Gasteiger partial charge in [0.05, 0.1) is 23.4 Å². The maximum absolute atomic E-state index is 14.1. The second-order valence-corrected chi connectivity index (χ2v) is 6.21. The molecule has 1 aromatic heterocycles. The van der Waals surface area contributed by atoms with Gasteiger partial charge in [-0.05, 0) is 37.6 Å². The number of nitrogens with one attached hydrogen (secondary N) is 3. The molecule has 0 unspecified atom stereocenters. The SMILES string of the molecule is CCOC(=O)[C@](NC(=O)c1ccccc1Cl)(Nc1cc(C)cc[nH+]1)C(F)(F)F. The fourth-order valence-corrected chi connectivity index (χ4v) is 2.59. The summed E-state index contributed by atoms with van der Waals surface area (Å²) in [5, 5.41) is 3.71. The Morgan fingerprint density at radius 3 is 2.46 bits per heavy atom. The zero-order chi connectivity index (χ0) is 20.9. The number of amides is 1. The third-order valence-corrected chi connectivity index (χ3v) is 4.04. The highest BCUT2D eigenvalue weighted by Gasteiger charge is 2.68. The molecule has 0 saturated heterocycles. The molecule has 2 aromatic rings. The second-order valence-electron chi connectivity index (χ2n) is 5.81. The lowest BCUT2D eigenvalue weighted by Crippen LogP contribution is -2.69.